The summed E-state index contributed by atoms with van der Waals surface area (Å²) in [7, 11) is 4.21. The molecule has 0 fully saturated rings. The van der Waals surface area contributed by atoms with Crippen LogP contribution in [0.15, 0.2) is 0 Å². The second-order valence-corrected chi connectivity index (χ2v) is 3.81. The van der Waals surface area contributed by atoms with Crippen molar-refractivity contribution >= 4 is 9.24 Å². The number of hydrogen-bond acceptors (Lipinski definition) is 0. The van der Waals surface area contributed by atoms with Crippen molar-refractivity contribution in [2.75, 3.05) is 6.16 Å². The van der Waals surface area contributed by atoms with Crippen molar-refractivity contribution in [2.45, 2.75) is 27.7 Å². The van der Waals surface area contributed by atoms with E-state index in [0.717, 1.165) is 6.16 Å². The lowest BCUT2D eigenvalue weighted by atomic mass is 9.83. The summed E-state index contributed by atoms with van der Waals surface area (Å²) < 4.78 is 0. The van der Waals surface area contributed by atoms with Gasteiger partial charge in [0.25, 0.3) is 0 Å². The van der Waals surface area contributed by atoms with Gasteiger partial charge in [0.1, 0.15) is 0 Å². The largest absolute Gasteiger partial charge is 0.0616 e. The van der Waals surface area contributed by atoms with E-state index in [-0.39, 0.29) is 0 Å². The van der Waals surface area contributed by atoms with Crippen molar-refractivity contribution in [1.29, 1.82) is 0 Å². The van der Waals surface area contributed by atoms with Crippen molar-refractivity contribution in [2.24, 2.45) is 11.3 Å². The van der Waals surface area contributed by atoms with Crippen LogP contribution >= 0.6 is 9.24 Å². The van der Waals surface area contributed by atoms with Gasteiger partial charge in [-0.3, -0.25) is 0 Å². The molecular formula is C7H15P. The maximum Gasteiger partial charge on any atom is -0.0211 e. The van der Waals surface area contributed by atoms with Gasteiger partial charge in [0.05, 0.1) is 0 Å². The quantitative estimate of drug-likeness (QED) is 0.478. The highest BCUT2D eigenvalue weighted by Crippen LogP contribution is 2.26. The molecule has 0 aliphatic heterocycles. The van der Waals surface area contributed by atoms with Crippen LogP contribution < -0.4 is 0 Å². The van der Waals surface area contributed by atoms with Crippen LogP contribution in [0, 0.1) is 11.3 Å². The normalized spacial score (nSPS) is 16.1. The molecule has 0 amide bonds. The predicted octanol–water partition coefficient (Wildman–Crippen LogP) is 3.08. The van der Waals surface area contributed by atoms with E-state index in [1.54, 1.807) is 0 Å². The van der Waals surface area contributed by atoms with Crippen LogP contribution in [0.1, 0.15) is 27.7 Å². The van der Waals surface area contributed by atoms with Gasteiger partial charge in [0.15, 0.2) is 0 Å². The first-order chi connectivity index (χ1) is 3.48. The molecule has 0 N–H and O–H groups in total. The molecule has 0 aromatic heterocycles. The van der Waals surface area contributed by atoms with Crippen LogP contribution in [-0.4, -0.2) is 6.16 Å². The van der Waals surface area contributed by atoms with Crippen molar-refractivity contribution in [3.8, 4) is 0 Å². The zero-order valence-electron chi connectivity index (χ0n) is 6.23. The molecule has 0 aliphatic rings. The van der Waals surface area contributed by atoms with Crippen LogP contribution in [0.4, 0.5) is 0 Å². The van der Waals surface area contributed by atoms with E-state index in [1.165, 1.54) is 0 Å². The second-order valence-electron chi connectivity index (χ2n) is 3.45. The average Bonchev–Trinajstić information content (AvgIpc) is 1.62. The minimum absolute atomic E-state index is 0.432. The first-order valence-corrected chi connectivity index (χ1v) is 3.72. The molecule has 0 spiro atoms. The smallest absolute Gasteiger partial charge is 0.0211 e. The Morgan fingerprint density at radius 2 is 1.75 bits per heavy atom. The van der Waals surface area contributed by atoms with Crippen molar-refractivity contribution in [3.63, 3.8) is 0 Å². The van der Waals surface area contributed by atoms with Crippen molar-refractivity contribution in [3.05, 3.63) is 0 Å². The van der Waals surface area contributed by atoms with E-state index in [1.807, 2.05) is 0 Å². The molecular weight excluding hydrogens is 115 g/mol. The van der Waals surface area contributed by atoms with Gasteiger partial charge >= 0.3 is 0 Å². The molecule has 2 radical (unpaired) electrons. The van der Waals surface area contributed by atoms with E-state index < -0.39 is 0 Å². The second kappa shape index (κ2) is 2.82. The van der Waals surface area contributed by atoms with Crippen LogP contribution in [0.25, 0.3) is 0 Å². The molecule has 0 saturated carbocycles. The summed E-state index contributed by atoms with van der Waals surface area (Å²) in [5, 5.41) is 0. The molecule has 0 aromatic carbocycles. The third-order valence-electron chi connectivity index (χ3n) is 1.75. The molecule has 1 heteroatoms. The number of hydrogen-bond donors (Lipinski definition) is 0. The molecule has 0 aromatic rings. The molecule has 0 aliphatic carbocycles. The topological polar surface area (TPSA) is 0 Å². The van der Waals surface area contributed by atoms with Crippen LogP contribution in [-0.2, 0) is 0 Å². The Balaban J connectivity index is 3.62. The Bertz CT molecular complexity index is 61.3. The fourth-order valence-electron chi connectivity index (χ4n) is 0.274. The maximum atomic E-state index is 4.21. The molecule has 0 nitrogen and oxygen atoms in total. The Morgan fingerprint density at radius 1 is 1.38 bits per heavy atom. The zero-order chi connectivity index (χ0) is 6.78. The third-order valence-corrected chi connectivity index (χ3v) is 2.30. The lowest BCUT2D eigenvalue weighted by molar-refractivity contribution is 0.288. The monoisotopic (exact) mass is 130 g/mol. The van der Waals surface area contributed by atoms with Crippen LogP contribution in [0.3, 0.4) is 0 Å². The summed E-state index contributed by atoms with van der Waals surface area (Å²) in [6.07, 6.45) is 0.990. The minimum atomic E-state index is 0.432. The highest BCUT2D eigenvalue weighted by molar-refractivity contribution is 7.16. The van der Waals surface area contributed by atoms with Gasteiger partial charge in [-0.25, -0.2) is 0 Å². The average molecular weight is 130 g/mol. The van der Waals surface area contributed by atoms with Gasteiger partial charge in [-0.15, -0.1) is 0 Å². The van der Waals surface area contributed by atoms with Crippen molar-refractivity contribution in [1.82, 2.24) is 0 Å². The van der Waals surface area contributed by atoms with Gasteiger partial charge < -0.3 is 0 Å². The van der Waals surface area contributed by atoms with Gasteiger partial charge in [0, 0.05) is 0 Å². The Labute approximate surface area is 55.3 Å². The molecule has 0 bridgehead atoms. The predicted molar refractivity (Wildman–Crippen MR) is 40.4 cm³/mol. The van der Waals surface area contributed by atoms with Crippen LogP contribution in [0.5, 0.6) is 0 Å². The fraction of sp³-hybridized carbons (Fsp3) is 1.00. The first-order valence-electron chi connectivity index (χ1n) is 3.09. The molecule has 0 rings (SSSR count). The zero-order valence-corrected chi connectivity index (χ0v) is 7.13. The van der Waals surface area contributed by atoms with Crippen LogP contribution in [0.2, 0.25) is 0 Å². The highest BCUT2D eigenvalue weighted by atomic mass is 31.0. The summed E-state index contributed by atoms with van der Waals surface area (Å²) in [4.78, 5) is 0. The molecule has 48 valence electrons. The molecule has 0 saturated heterocycles. The minimum Gasteiger partial charge on any atom is -0.0616 e. The van der Waals surface area contributed by atoms with E-state index in [4.69, 9.17) is 0 Å². The van der Waals surface area contributed by atoms with E-state index in [0.29, 0.717) is 11.3 Å². The molecule has 0 heterocycles. The Kier molecular flexibility index (Phi) is 2.98. The highest BCUT2D eigenvalue weighted by Gasteiger charge is 2.17. The summed E-state index contributed by atoms with van der Waals surface area (Å²) in [5.74, 6) is 0.714. The molecule has 1 atom stereocenters. The number of rotatable bonds is 1. The van der Waals surface area contributed by atoms with Gasteiger partial charge in [-0.1, -0.05) is 27.7 Å². The summed E-state index contributed by atoms with van der Waals surface area (Å²) in [5.41, 5.74) is 0.432. The van der Waals surface area contributed by atoms with Gasteiger partial charge in [-0.05, 0) is 26.7 Å². The Hall–Kier alpha value is 0.430. The molecule has 8 heavy (non-hydrogen) atoms. The molecule has 1 unspecified atom stereocenters. The lowest BCUT2D eigenvalue weighted by Crippen LogP contribution is -2.17. The fourth-order valence-corrected chi connectivity index (χ4v) is 0.822. The Morgan fingerprint density at radius 3 is 1.75 bits per heavy atom. The maximum absolute atomic E-state index is 4.21. The van der Waals surface area contributed by atoms with Crippen molar-refractivity contribution < 1.29 is 0 Å². The van der Waals surface area contributed by atoms with Gasteiger partial charge in [-0.2, -0.15) is 0 Å². The lowest BCUT2D eigenvalue weighted by Gasteiger charge is -2.25. The SMILES string of the molecule is CC(C[P])C(C)(C)C. The van der Waals surface area contributed by atoms with E-state index >= 15 is 0 Å². The van der Waals surface area contributed by atoms with Gasteiger partial charge in [0.2, 0.25) is 0 Å². The summed E-state index contributed by atoms with van der Waals surface area (Å²) >= 11 is 0. The summed E-state index contributed by atoms with van der Waals surface area (Å²) in [6, 6.07) is 0. The third kappa shape index (κ3) is 2.67. The van der Waals surface area contributed by atoms with E-state index in [2.05, 4.69) is 36.9 Å². The van der Waals surface area contributed by atoms with E-state index in [9.17, 15) is 0 Å². The summed E-state index contributed by atoms with van der Waals surface area (Å²) in [6.45, 7) is 8.96. The first kappa shape index (κ1) is 8.43. The standard InChI is InChI=1S/C7H15P/c1-6(5-8)7(2,3)4/h6H,5H2,1-4H3.